The second-order valence-electron chi connectivity index (χ2n) is 7.09. The lowest BCUT2D eigenvalue weighted by Gasteiger charge is -2.30. The maximum atomic E-state index is 13.2. The fourth-order valence-electron chi connectivity index (χ4n) is 3.59. The number of halogens is 4. The summed E-state index contributed by atoms with van der Waals surface area (Å²) in [5.41, 5.74) is -0.243. The Balaban J connectivity index is 1.61. The third-order valence-electron chi connectivity index (χ3n) is 5.11. The fraction of sp³-hybridized carbons (Fsp3) is 0.526. The molecule has 0 aliphatic carbocycles. The van der Waals surface area contributed by atoms with Crippen LogP contribution in [-0.2, 0) is 15.7 Å². The van der Waals surface area contributed by atoms with Gasteiger partial charge in [0.15, 0.2) is 0 Å². The molecule has 0 spiro atoms. The Morgan fingerprint density at radius 2 is 1.93 bits per heavy atom. The number of alkyl halides is 4. The first kappa shape index (κ1) is 20.0. The first-order chi connectivity index (χ1) is 13.9. The van der Waals surface area contributed by atoms with Crippen LogP contribution in [0.2, 0.25) is 0 Å². The van der Waals surface area contributed by atoms with Crippen LogP contribution in [0.3, 0.4) is 0 Å². The van der Waals surface area contributed by atoms with E-state index in [1.54, 1.807) is 0 Å². The van der Waals surface area contributed by atoms with Crippen LogP contribution < -0.4 is 10.2 Å². The summed E-state index contributed by atoms with van der Waals surface area (Å²) in [5, 5.41) is 2.93. The molecule has 0 bridgehead atoms. The minimum atomic E-state index is -4.50. The molecule has 10 heteroatoms. The number of hydrogen-bond acceptors (Lipinski definition) is 5. The zero-order valence-corrected chi connectivity index (χ0v) is 15.4. The molecule has 3 heterocycles. The predicted octanol–water partition coefficient (Wildman–Crippen LogP) is 3.15. The number of nitrogens with one attached hydrogen (secondary N) is 1. The number of benzene rings is 1. The molecular formula is C19H20F4N2O4. The van der Waals surface area contributed by atoms with Gasteiger partial charge in [-0.3, -0.25) is 4.79 Å². The van der Waals surface area contributed by atoms with Crippen LogP contribution in [0, 0.1) is 0 Å². The van der Waals surface area contributed by atoms with Crippen molar-refractivity contribution in [3.8, 4) is 0 Å². The number of furan rings is 1. The minimum absolute atomic E-state index is 0.00451. The Hall–Kier alpha value is -2.33. The van der Waals surface area contributed by atoms with E-state index in [-0.39, 0.29) is 36.0 Å². The molecule has 29 heavy (non-hydrogen) atoms. The molecular weight excluding hydrogens is 396 g/mol. The molecule has 0 saturated carbocycles. The first-order valence-corrected chi connectivity index (χ1v) is 9.33. The summed E-state index contributed by atoms with van der Waals surface area (Å²) in [5.74, 6) is -0.467. The van der Waals surface area contributed by atoms with E-state index in [4.69, 9.17) is 13.9 Å². The van der Waals surface area contributed by atoms with E-state index in [0.717, 1.165) is 12.1 Å². The minimum Gasteiger partial charge on any atom is -0.449 e. The van der Waals surface area contributed by atoms with E-state index >= 15 is 0 Å². The Bertz CT molecular complexity index is 890. The van der Waals surface area contributed by atoms with Gasteiger partial charge in [-0.05, 0) is 24.6 Å². The molecule has 2 aromatic rings. The molecule has 2 atom stereocenters. The van der Waals surface area contributed by atoms with E-state index in [1.165, 1.54) is 6.07 Å². The standard InChI is InChI=1S/C19H20F4N2O4/c20-8-13-10-27-12(9-28-13)3-5-25-6-4-24-18(26)17-16(25)14-7-11(19(21,22)23)1-2-15(14)29-17/h1-2,7,12-13H,3-6,8-10H2,(H,24,26)/t12-,13-/m1/s1. The quantitative estimate of drug-likeness (QED) is 0.776. The normalized spacial score (nSPS) is 23.0. The van der Waals surface area contributed by atoms with E-state index in [9.17, 15) is 22.4 Å². The second-order valence-corrected chi connectivity index (χ2v) is 7.09. The van der Waals surface area contributed by atoms with Gasteiger partial charge < -0.3 is 24.1 Å². The Morgan fingerprint density at radius 3 is 2.62 bits per heavy atom. The fourth-order valence-corrected chi connectivity index (χ4v) is 3.59. The van der Waals surface area contributed by atoms with Gasteiger partial charge in [-0.1, -0.05) is 0 Å². The molecule has 0 unspecified atom stereocenters. The van der Waals surface area contributed by atoms with Gasteiger partial charge in [0, 0.05) is 25.0 Å². The van der Waals surface area contributed by atoms with Crippen molar-refractivity contribution in [3.05, 3.63) is 29.5 Å². The van der Waals surface area contributed by atoms with Crippen LogP contribution in [0.25, 0.3) is 11.0 Å². The van der Waals surface area contributed by atoms with Crippen molar-refractivity contribution in [2.45, 2.75) is 24.8 Å². The Morgan fingerprint density at radius 1 is 1.17 bits per heavy atom. The SMILES string of the molecule is O=C1NCCN(CC[C@@H]2CO[C@H](CF)CO2)c2c1oc1ccc(C(F)(F)F)cc21. The zero-order valence-electron chi connectivity index (χ0n) is 15.4. The highest BCUT2D eigenvalue weighted by atomic mass is 19.4. The predicted molar refractivity (Wildman–Crippen MR) is 95.8 cm³/mol. The molecule has 1 N–H and O–H groups in total. The lowest BCUT2D eigenvalue weighted by molar-refractivity contribution is -0.138. The van der Waals surface area contributed by atoms with Gasteiger partial charge in [0.2, 0.25) is 5.76 Å². The highest BCUT2D eigenvalue weighted by molar-refractivity contribution is 6.07. The van der Waals surface area contributed by atoms with Crippen LogP contribution in [0.1, 0.15) is 22.5 Å². The van der Waals surface area contributed by atoms with Crippen LogP contribution >= 0.6 is 0 Å². The summed E-state index contributed by atoms with van der Waals surface area (Å²) in [6.07, 6.45) is -4.80. The lowest BCUT2D eigenvalue weighted by Crippen LogP contribution is -2.39. The van der Waals surface area contributed by atoms with Gasteiger partial charge in [-0.15, -0.1) is 0 Å². The van der Waals surface area contributed by atoms with E-state index in [0.29, 0.717) is 31.7 Å². The van der Waals surface area contributed by atoms with Gasteiger partial charge in [-0.25, -0.2) is 4.39 Å². The third-order valence-corrected chi connectivity index (χ3v) is 5.11. The Kier molecular flexibility index (Phi) is 5.39. The van der Waals surface area contributed by atoms with Crippen molar-refractivity contribution < 1.29 is 36.2 Å². The number of anilines is 1. The molecule has 1 fully saturated rings. The van der Waals surface area contributed by atoms with Gasteiger partial charge >= 0.3 is 6.18 Å². The molecule has 1 aromatic carbocycles. The molecule has 1 amide bonds. The summed E-state index contributed by atoms with van der Waals surface area (Å²) >= 11 is 0. The molecule has 1 saturated heterocycles. The topological polar surface area (TPSA) is 63.9 Å². The number of nitrogens with zero attached hydrogens (tertiary/aromatic N) is 1. The number of carbonyl (C=O) groups is 1. The first-order valence-electron chi connectivity index (χ1n) is 9.33. The Labute approximate surface area is 163 Å². The van der Waals surface area contributed by atoms with Gasteiger partial charge in [0.1, 0.15) is 18.4 Å². The average molecular weight is 416 g/mol. The third kappa shape index (κ3) is 4.04. The van der Waals surface area contributed by atoms with Crippen molar-refractivity contribution in [1.29, 1.82) is 0 Å². The number of ether oxygens (including phenoxy) is 2. The van der Waals surface area contributed by atoms with Crippen LogP contribution in [-0.4, -0.2) is 57.6 Å². The molecule has 2 aliphatic heterocycles. The van der Waals surface area contributed by atoms with E-state index in [1.807, 2.05) is 4.90 Å². The van der Waals surface area contributed by atoms with Crippen LogP contribution in [0.4, 0.5) is 23.2 Å². The number of carbonyl (C=O) groups excluding carboxylic acids is 1. The smallest absolute Gasteiger partial charge is 0.416 e. The van der Waals surface area contributed by atoms with Gasteiger partial charge in [0.05, 0.1) is 30.6 Å². The van der Waals surface area contributed by atoms with Crippen molar-refractivity contribution in [2.24, 2.45) is 0 Å². The summed E-state index contributed by atoms with van der Waals surface area (Å²) in [6.45, 7) is 0.951. The monoisotopic (exact) mass is 416 g/mol. The molecule has 4 rings (SSSR count). The van der Waals surface area contributed by atoms with Crippen molar-refractivity contribution in [2.75, 3.05) is 44.4 Å². The molecule has 0 radical (unpaired) electrons. The van der Waals surface area contributed by atoms with Crippen LogP contribution in [0.5, 0.6) is 0 Å². The largest absolute Gasteiger partial charge is 0.449 e. The maximum absolute atomic E-state index is 13.2. The number of hydrogen-bond donors (Lipinski definition) is 1. The van der Waals surface area contributed by atoms with Crippen LogP contribution in [0.15, 0.2) is 22.6 Å². The molecule has 2 aliphatic rings. The average Bonchev–Trinajstić information content (AvgIpc) is 3.01. The molecule has 1 aromatic heterocycles. The molecule has 158 valence electrons. The van der Waals surface area contributed by atoms with Crippen molar-refractivity contribution in [1.82, 2.24) is 5.32 Å². The summed E-state index contributed by atoms with van der Waals surface area (Å²) in [4.78, 5) is 14.2. The lowest BCUT2D eigenvalue weighted by atomic mass is 10.1. The van der Waals surface area contributed by atoms with Gasteiger partial charge in [0.25, 0.3) is 5.91 Å². The summed E-state index contributed by atoms with van der Waals surface area (Å²) in [7, 11) is 0. The zero-order chi connectivity index (χ0) is 20.6. The van der Waals surface area contributed by atoms with Crippen molar-refractivity contribution >= 4 is 22.6 Å². The summed E-state index contributed by atoms with van der Waals surface area (Å²) < 4.78 is 68.7. The maximum Gasteiger partial charge on any atom is 0.416 e. The summed E-state index contributed by atoms with van der Waals surface area (Å²) in [6, 6.07) is 3.17. The van der Waals surface area contributed by atoms with Crippen molar-refractivity contribution in [3.63, 3.8) is 0 Å². The van der Waals surface area contributed by atoms with Gasteiger partial charge in [-0.2, -0.15) is 13.2 Å². The highest BCUT2D eigenvalue weighted by Crippen LogP contribution is 2.39. The number of amides is 1. The van der Waals surface area contributed by atoms with E-state index < -0.39 is 30.4 Å². The number of fused-ring (bicyclic) bond motifs is 3. The second kappa shape index (κ2) is 7.83. The molecule has 6 nitrogen and oxygen atoms in total. The van der Waals surface area contributed by atoms with E-state index in [2.05, 4.69) is 5.32 Å². The highest BCUT2D eigenvalue weighted by Gasteiger charge is 2.34. The number of rotatable bonds is 4.